The smallest absolute Gasteiger partial charge is 0.187 e. The van der Waals surface area contributed by atoms with Crippen molar-refractivity contribution in [3.63, 3.8) is 0 Å². The molecule has 0 aromatic heterocycles. The molecule has 0 unspecified atom stereocenters. The van der Waals surface area contributed by atoms with Crippen molar-refractivity contribution in [1.82, 2.24) is 10.7 Å². The van der Waals surface area contributed by atoms with Gasteiger partial charge in [0.25, 0.3) is 0 Å². The van der Waals surface area contributed by atoms with Gasteiger partial charge in [-0.2, -0.15) is 5.10 Å². The lowest BCUT2D eigenvalue weighted by molar-refractivity contribution is -0.906. The van der Waals surface area contributed by atoms with Gasteiger partial charge in [0.2, 0.25) is 0 Å². The van der Waals surface area contributed by atoms with Gasteiger partial charge in [0.1, 0.15) is 25.4 Å². The molecule has 0 bridgehead atoms. The number of nitrogens with zero attached hydrogens (tertiary/aromatic N) is 1. The van der Waals surface area contributed by atoms with Crippen molar-refractivity contribution in [2.24, 2.45) is 5.10 Å². The maximum atomic E-state index is 5.93. The third kappa shape index (κ3) is 6.92. The van der Waals surface area contributed by atoms with E-state index in [0.717, 1.165) is 56.3 Å². The molecule has 3 N–H and O–H groups in total. The summed E-state index contributed by atoms with van der Waals surface area (Å²) in [5.74, 6) is 0.784. The number of para-hydroxylation sites is 1. The van der Waals surface area contributed by atoms with Crippen molar-refractivity contribution in [3.8, 4) is 5.75 Å². The highest BCUT2D eigenvalue weighted by Gasteiger charge is 2.12. The highest BCUT2D eigenvalue weighted by atomic mass is 32.1. The number of hydrogen-bond donors (Lipinski definition) is 3. The summed E-state index contributed by atoms with van der Waals surface area (Å²) < 4.78 is 11.3. The lowest BCUT2D eigenvalue weighted by Gasteiger charge is -2.23. The number of rotatable bonds is 8. The molecule has 1 aliphatic heterocycles. The molecule has 0 saturated carbocycles. The third-order valence-corrected chi connectivity index (χ3v) is 4.73. The molecule has 2 aromatic rings. The molecule has 1 fully saturated rings. The Hall–Kier alpha value is -2.48. The third-order valence-electron chi connectivity index (χ3n) is 4.49. The number of thiocarbonyl (C=S) groups is 1. The van der Waals surface area contributed by atoms with Crippen LogP contribution in [0.5, 0.6) is 5.75 Å². The SMILES string of the molecule is S=C(NCC[NH+]1CCOCC1)N/N=C\c1ccccc1OCc1ccccc1. The topological polar surface area (TPSA) is 59.3 Å². The Balaban J connectivity index is 1.42. The van der Waals surface area contributed by atoms with Gasteiger partial charge in [-0.15, -0.1) is 0 Å². The number of hydrazone groups is 1. The number of morpholine rings is 1. The average Bonchev–Trinajstić information content (AvgIpc) is 2.74. The van der Waals surface area contributed by atoms with E-state index in [0.29, 0.717) is 11.7 Å². The molecule has 7 heteroatoms. The Morgan fingerprint density at radius 3 is 2.68 bits per heavy atom. The molecule has 0 spiro atoms. The Labute approximate surface area is 171 Å². The van der Waals surface area contributed by atoms with E-state index in [1.165, 1.54) is 4.90 Å². The van der Waals surface area contributed by atoms with E-state index in [2.05, 4.69) is 15.8 Å². The molecule has 0 aliphatic carbocycles. The van der Waals surface area contributed by atoms with Crippen molar-refractivity contribution >= 4 is 23.5 Å². The van der Waals surface area contributed by atoms with Crippen LogP contribution >= 0.6 is 12.2 Å². The predicted octanol–water partition coefficient (Wildman–Crippen LogP) is 0.979. The summed E-state index contributed by atoms with van der Waals surface area (Å²) in [6.45, 7) is 6.14. The quantitative estimate of drug-likeness (QED) is 0.351. The molecule has 0 amide bonds. The fourth-order valence-corrected chi connectivity index (χ4v) is 3.07. The second-order valence-electron chi connectivity index (χ2n) is 6.55. The van der Waals surface area contributed by atoms with Gasteiger partial charge in [-0.3, -0.25) is 5.43 Å². The molecule has 1 saturated heterocycles. The van der Waals surface area contributed by atoms with Crippen LogP contribution in [-0.4, -0.2) is 50.7 Å². The van der Waals surface area contributed by atoms with Crippen LogP contribution in [0.3, 0.4) is 0 Å². The van der Waals surface area contributed by atoms with Crippen molar-refractivity contribution in [2.75, 3.05) is 39.4 Å². The number of hydrogen-bond acceptors (Lipinski definition) is 4. The lowest BCUT2D eigenvalue weighted by Crippen LogP contribution is -3.14. The normalized spacial score (nSPS) is 14.7. The van der Waals surface area contributed by atoms with Crippen LogP contribution in [0.4, 0.5) is 0 Å². The molecule has 1 heterocycles. The van der Waals surface area contributed by atoms with Gasteiger partial charge < -0.3 is 19.7 Å². The van der Waals surface area contributed by atoms with Crippen LogP contribution in [0.15, 0.2) is 59.7 Å². The van der Waals surface area contributed by atoms with Crippen LogP contribution in [0.1, 0.15) is 11.1 Å². The summed E-state index contributed by atoms with van der Waals surface area (Å²) in [4.78, 5) is 1.54. The maximum absolute atomic E-state index is 5.93. The average molecular weight is 400 g/mol. The number of ether oxygens (including phenoxy) is 2. The van der Waals surface area contributed by atoms with E-state index in [1.807, 2.05) is 54.6 Å². The van der Waals surface area contributed by atoms with Crippen molar-refractivity contribution in [3.05, 3.63) is 65.7 Å². The van der Waals surface area contributed by atoms with E-state index < -0.39 is 0 Å². The van der Waals surface area contributed by atoms with Gasteiger partial charge in [0.05, 0.1) is 32.5 Å². The van der Waals surface area contributed by atoms with Gasteiger partial charge in [-0.1, -0.05) is 42.5 Å². The van der Waals surface area contributed by atoms with Crippen LogP contribution < -0.4 is 20.4 Å². The highest BCUT2D eigenvalue weighted by Crippen LogP contribution is 2.17. The van der Waals surface area contributed by atoms with Crippen molar-refractivity contribution in [2.45, 2.75) is 6.61 Å². The molecule has 0 radical (unpaired) electrons. The minimum atomic E-state index is 0.517. The number of nitrogens with one attached hydrogen (secondary N) is 3. The van der Waals surface area contributed by atoms with Gasteiger partial charge in [0, 0.05) is 5.56 Å². The Morgan fingerprint density at radius 1 is 1.11 bits per heavy atom. The second-order valence-corrected chi connectivity index (χ2v) is 6.96. The Kier molecular flexibility index (Phi) is 8.24. The molecule has 28 heavy (non-hydrogen) atoms. The molecule has 2 aromatic carbocycles. The van der Waals surface area contributed by atoms with E-state index in [-0.39, 0.29) is 0 Å². The first kappa shape index (κ1) is 20.3. The molecule has 1 aliphatic rings. The first-order valence-electron chi connectivity index (χ1n) is 9.55. The molecule has 6 nitrogen and oxygen atoms in total. The van der Waals surface area contributed by atoms with E-state index in [1.54, 1.807) is 6.21 Å². The fraction of sp³-hybridized carbons (Fsp3) is 0.333. The van der Waals surface area contributed by atoms with Gasteiger partial charge in [-0.25, -0.2) is 0 Å². The zero-order chi connectivity index (χ0) is 19.4. The van der Waals surface area contributed by atoms with Crippen molar-refractivity contribution in [1.29, 1.82) is 0 Å². The summed E-state index contributed by atoms with van der Waals surface area (Å²) in [6.07, 6.45) is 1.72. The Morgan fingerprint density at radius 2 is 1.86 bits per heavy atom. The standard InChI is InChI=1S/C21H26N4O2S/c28-21(22-10-11-25-12-14-26-15-13-25)24-23-16-19-8-4-5-9-20(19)27-17-18-6-2-1-3-7-18/h1-9,16H,10-15,17H2,(H2,22,24,28)/p+1/b23-16-. The first-order chi connectivity index (χ1) is 13.8. The van der Waals surface area contributed by atoms with Crippen LogP contribution in [0.2, 0.25) is 0 Å². The van der Waals surface area contributed by atoms with Crippen LogP contribution in [0, 0.1) is 0 Å². The van der Waals surface area contributed by atoms with Gasteiger partial charge in [-0.05, 0) is 29.9 Å². The number of benzene rings is 2. The zero-order valence-electron chi connectivity index (χ0n) is 15.9. The van der Waals surface area contributed by atoms with E-state index >= 15 is 0 Å². The van der Waals surface area contributed by atoms with E-state index in [9.17, 15) is 0 Å². The monoisotopic (exact) mass is 399 g/mol. The van der Waals surface area contributed by atoms with Crippen LogP contribution in [0.25, 0.3) is 0 Å². The minimum Gasteiger partial charge on any atom is -0.488 e. The molecular weight excluding hydrogens is 372 g/mol. The molecular formula is C21H27N4O2S+. The summed E-state index contributed by atoms with van der Waals surface area (Å²) >= 11 is 5.28. The highest BCUT2D eigenvalue weighted by molar-refractivity contribution is 7.80. The zero-order valence-corrected chi connectivity index (χ0v) is 16.7. The largest absolute Gasteiger partial charge is 0.488 e. The summed E-state index contributed by atoms with van der Waals surface area (Å²) in [5, 5.41) is 7.95. The summed E-state index contributed by atoms with van der Waals surface area (Å²) in [5.41, 5.74) is 4.89. The van der Waals surface area contributed by atoms with Crippen LogP contribution in [-0.2, 0) is 11.3 Å². The van der Waals surface area contributed by atoms with Gasteiger partial charge >= 0.3 is 0 Å². The fourth-order valence-electron chi connectivity index (χ4n) is 2.92. The Bertz CT molecular complexity index is 764. The van der Waals surface area contributed by atoms with E-state index in [4.69, 9.17) is 21.7 Å². The number of quaternary nitrogens is 1. The first-order valence-corrected chi connectivity index (χ1v) is 9.96. The molecule has 0 atom stereocenters. The molecule has 148 valence electrons. The molecule has 3 rings (SSSR count). The van der Waals surface area contributed by atoms with Crippen molar-refractivity contribution < 1.29 is 14.4 Å². The summed E-state index contributed by atoms with van der Waals surface area (Å²) in [6, 6.07) is 17.9. The lowest BCUT2D eigenvalue weighted by atomic mass is 10.2. The summed E-state index contributed by atoms with van der Waals surface area (Å²) in [7, 11) is 0. The minimum absolute atomic E-state index is 0.517. The second kappa shape index (κ2) is 11.4. The predicted molar refractivity (Wildman–Crippen MR) is 115 cm³/mol. The van der Waals surface area contributed by atoms with Gasteiger partial charge in [0.15, 0.2) is 5.11 Å². The maximum Gasteiger partial charge on any atom is 0.187 e.